The molecule has 1 aromatic rings. The molecular weight excluding hydrogens is 262 g/mol. The van der Waals surface area contributed by atoms with Gasteiger partial charge in [-0.15, -0.1) is 0 Å². The largest absolute Gasteiger partial charge is 0.399 e. The van der Waals surface area contributed by atoms with E-state index >= 15 is 0 Å². The monoisotopic (exact) mass is 283 g/mol. The third-order valence-corrected chi connectivity index (χ3v) is 4.68. The Balaban J connectivity index is 1.98. The first-order valence-electron chi connectivity index (χ1n) is 6.47. The Morgan fingerprint density at radius 3 is 2.95 bits per heavy atom. The summed E-state index contributed by atoms with van der Waals surface area (Å²) in [7, 11) is -1.29. The van der Waals surface area contributed by atoms with Gasteiger partial charge in [0, 0.05) is 18.3 Å². The summed E-state index contributed by atoms with van der Waals surface area (Å²) in [4.78, 5) is 2.15. The molecule has 0 spiro atoms. The summed E-state index contributed by atoms with van der Waals surface area (Å²) in [5.74, 6) is -0.0156. The van der Waals surface area contributed by atoms with Crippen molar-refractivity contribution in [3.8, 4) is 0 Å². The molecule has 1 unspecified atom stereocenters. The predicted octanol–water partition coefficient (Wildman–Crippen LogP) is 0.782. The summed E-state index contributed by atoms with van der Waals surface area (Å²) < 4.78 is 27.0. The molecular formula is C13H21N3O2S. The highest BCUT2D eigenvalue weighted by Gasteiger charge is 2.22. The number of nitrogen functional groups attached to an aromatic ring is 1. The SMILES string of the molecule is CN1CCCC(NS(=O)(=O)Cc2cccc(N)c2)C1. The van der Waals surface area contributed by atoms with Crippen molar-refractivity contribution in [2.75, 3.05) is 25.9 Å². The van der Waals surface area contributed by atoms with Crippen molar-refractivity contribution < 1.29 is 8.42 Å². The second kappa shape index (κ2) is 5.90. The summed E-state index contributed by atoms with van der Waals surface area (Å²) in [6.45, 7) is 1.81. The standard InChI is InChI=1S/C13H21N3O2S/c1-16-7-3-6-13(9-16)15-19(17,18)10-11-4-2-5-12(14)8-11/h2,4-5,8,13,15H,3,6-7,9-10,14H2,1H3. The first-order valence-corrected chi connectivity index (χ1v) is 8.13. The van der Waals surface area contributed by atoms with Crippen LogP contribution in [-0.4, -0.2) is 39.5 Å². The van der Waals surface area contributed by atoms with Crippen molar-refractivity contribution in [3.63, 3.8) is 0 Å². The lowest BCUT2D eigenvalue weighted by molar-refractivity contribution is 0.242. The maximum Gasteiger partial charge on any atom is 0.216 e. The Labute approximate surface area is 114 Å². The molecule has 1 fully saturated rings. The second-order valence-electron chi connectivity index (χ2n) is 5.22. The van der Waals surface area contributed by atoms with E-state index in [4.69, 9.17) is 5.73 Å². The summed E-state index contributed by atoms with van der Waals surface area (Å²) in [6.07, 6.45) is 1.93. The van der Waals surface area contributed by atoms with Crippen LogP contribution in [0.3, 0.4) is 0 Å². The smallest absolute Gasteiger partial charge is 0.216 e. The quantitative estimate of drug-likeness (QED) is 0.801. The summed E-state index contributed by atoms with van der Waals surface area (Å²) >= 11 is 0. The van der Waals surface area contributed by atoms with Gasteiger partial charge in [-0.25, -0.2) is 13.1 Å². The van der Waals surface area contributed by atoms with Crippen LogP contribution in [0.5, 0.6) is 0 Å². The van der Waals surface area contributed by atoms with E-state index in [2.05, 4.69) is 9.62 Å². The van der Waals surface area contributed by atoms with Crippen LogP contribution in [0.25, 0.3) is 0 Å². The van der Waals surface area contributed by atoms with E-state index in [1.807, 2.05) is 7.05 Å². The van der Waals surface area contributed by atoms with Gasteiger partial charge < -0.3 is 10.6 Å². The lowest BCUT2D eigenvalue weighted by atomic mass is 10.1. The van der Waals surface area contributed by atoms with Gasteiger partial charge in [0.25, 0.3) is 0 Å². The Morgan fingerprint density at radius 2 is 2.26 bits per heavy atom. The number of piperidine rings is 1. The molecule has 0 aliphatic carbocycles. The molecule has 1 aromatic carbocycles. The van der Waals surface area contributed by atoms with Gasteiger partial charge in [0.15, 0.2) is 0 Å². The molecule has 2 rings (SSSR count). The number of hydrogen-bond donors (Lipinski definition) is 2. The van der Waals surface area contributed by atoms with Crippen molar-refractivity contribution in [1.29, 1.82) is 0 Å². The molecule has 0 radical (unpaired) electrons. The van der Waals surface area contributed by atoms with Crippen molar-refractivity contribution in [2.45, 2.75) is 24.6 Å². The van der Waals surface area contributed by atoms with Gasteiger partial charge in [-0.2, -0.15) is 0 Å². The Morgan fingerprint density at radius 1 is 1.47 bits per heavy atom. The lowest BCUT2D eigenvalue weighted by Gasteiger charge is -2.29. The third kappa shape index (κ3) is 4.49. The molecule has 19 heavy (non-hydrogen) atoms. The zero-order valence-corrected chi connectivity index (χ0v) is 12.0. The average Bonchev–Trinajstić information content (AvgIpc) is 2.27. The number of sulfonamides is 1. The second-order valence-corrected chi connectivity index (χ2v) is 6.98. The van der Waals surface area contributed by atoms with Gasteiger partial charge in [0.05, 0.1) is 5.75 Å². The first kappa shape index (κ1) is 14.3. The molecule has 106 valence electrons. The highest BCUT2D eigenvalue weighted by molar-refractivity contribution is 7.88. The highest BCUT2D eigenvalue weighted by atomic mass is 32.2. The molecule has 1 saturated heterocycles. The molecule has 1 aliphatic heterocycles. The molecule has 1 atom stereocenters. The van der Waals surface area contributed by atoms with Crippen LogP contribution in [0.2, 0.25) is 0 Å². The normalized spacial score (nSPS) is 21.4. The van der Waals surface area contributed by atoms with Crippen molar-refractivity contribution in [2.24, 2.45) is 0 Å². The van der Waals surface area contributed by atoms with Crippen molar-refractivity contribution in [1.82, 2.24) is 9.62 Å². The maximum atomic E-state index is 12.1. The summed E-state index contributed by atoms with van der Waals surface area (Å²) in [5, 5.41) is 0. The van der Waals surface area contributed by atoms with Crippen LogP contribution in [0.1, 0.15) is 18.4 Å². The molecule has 0 saturated carbocycles. The zero-order chi connectivity index (χ0) is 13.9. The van der Waals surface area contributed by atoms with Gasteiger partial charge in [0.2, 0.25) is 10.0 Å². The van der Waals surface area contributed by atoms with E-state index in [9.17, 15) is 8.42 Å². The maximum absolute atomic E-state index is 12.1. The van der Waals surface area contributed by atoms with Crippen LogP contribution in [0, 0.1) is 0 Å². The minimum absolute atomic E-state index is 0.0156. The number of benzene rings is 1. The van der Waals surface area contributed by atoms with E-state index in [1.165, 1.54) is 0 Å². The predicted molar refractivity (Wildman–Crippen MR) is 77.1 cm³/mol. The molecule has 6 heteroatoms. The first-order chi connectivity index (χ1) is 8.94. The van der Waals surface area contributed by atoms with Gasteiger partial charge in [-0.3, -0.25) is 0 Å². The Kier molecular flexibility index (Phi) is 4.44. The summed E-state index contributed by atoms with van der Waals surface area (Å²) in [5.41, 5.74) is 6.97. The molecule has 0 aromatic heterocycles. The Hall–Kier alpha value is -1.11. The minimum Gasteiger partial charge on any atom is -0.399 e. The topological polar surface area (TPSA) is 75.4 Å². The lowest BCUT2D eigenvalue weighted by Crippen LogP contribution is -2.46. The van der Waals surface area contributed by atoms with E-state index in [0.29, 0.717) is 5.69 Å². The van der Waals surface area contributed by atoms with Crippen molar-refractivity contribution in [3.05, 3.63) is 29.8 Å². The van der Waals surface area contributed by atoms with E-state index in [1.54, 1.807) is 24.3 Å². The van der Waals surface area contributed by atoms with E-state index in [0.717, 1.165) is 31.5 Å². The van der Waals surface area contributed by atoms with Crippen LogP contribution in [0.15, 0.2) is 24.3 Å². The number of likely N-dealkylation sites (tertiary alicyclic amines) is 1. The van der Waals surface area contributed by atoms with Crippen LogP contribution < -0.4 is 10.5 Å². The molecule has 1 heterocycles. The van der Waals surface area contributed by atoms with Gasteiger partial charge in [-0.05, 0) is 44.1 Å². The summed E-state index contributed by atoms with van der Waals surface area (Å²) in [6, 6.07) is 7.02. The van der Waals surface area contributed by atoms with E-state index < -0.39 is 10.0 Å². The molecule has 5 nitrogen and oxygen atoms in total. The van der Waals surface area contributed by atoms with Gasteiger partial charge in [0.1, 0.15) is 0 Å². The number of nitrogens with zero attached hydrogens (tertiary/aromatic N) is 1. The number of nitrogens with one attached hydrogen (secondary N) is 1. The van der Waals surface area contributed by atoms with Gasteiger partial charge in [-0.1, -0.05) is 12.1 Å². The van der Waals surface area contributed by atoms with E-state index in [-0.39, 0.29) is 11.8 Å². The van der Waals surface area contributed by atoms with Crippen LogP contribution in [-0.2, 0) is 15.8 Å². The number of nitrogens with two attached hydrogens (primary N) is 1. The van der Waals surface area contributed by atoms with Crippen LogP contribution >= 0.6 is 0 Å². The number of rotatable bonds is 4. The fraction of sp³-hybridized carbons (Fsp3) is 0.538. The minimum atomic E-state index is -3.31. The number of anilines is 1. The molecule has 0 bridgehead atoms. The molecule has 0 amide bonds. The van der Waals surface area contributed by atoms with Crippen molar-refractivity contribution >= 4 is 15.7 Å². The molecule has 1 aliphatic rings. The molecule has 3 N–H and O–H groups in total. The Bertz CT molecular complexity index is 530. The zero-order valence-electron chi connectivity index (χ0n) is 11.2. The fourth-order valence-corrected chi connectivity index (χ4v) is 3.86. The highest BCUT2D eigenvalue weighted by Crippen LogP contribution is 2.13. The third-order valence-electron chi connectivity index (χ3n) is 3.28. The number of likely N-dealkylation sites (N-methyl/N-ethyl adjacent to an activating group) is 1. The fourth-order valence-electron chi connectivity index (χ4n) is 2.46. The van der Waals surface area contributed by atoms with Gasteiger partial charge >= 0.3 is 0 Å². The number of hydrogen-bond acceptors (Lipinski definition) is 4. The average molecular weight is 283 g/mol. The van der Waals surface area contributed by atoms with Crippen LogP contribution in [0.4, 0.5) is 5.69 Å².